The van der Waals surface area contributed by atoms with Gasteiger partial charge in [0.05, 0.1) is 16.1 Å². The van der Waals surface area contributed by atoms with Crippen molar-refractivity contribution < 1.29 is 4.79 Å². The van der Waals surface area contributed by atoms with Gasteiger partial charge < -0.3 is 5.73 Å². The highest BCUT2D eigenvalue weighted by molar-refractivity contribution is 6.42. The van der Waals surface area contributed by atoms with Crippen LogP contribution >= 0.6 is 23.2 Å². The van der Waals surface area contributed by atoms with E-state index in [0.29, 0.717) is 16.5 Å². The molecule has 1 aromatic rings. The molecule has 20 heavy (non-hydrogen) atoms. The molecule has 1 rings (SSSR count). The van der Waals surface area contributed by atoms with Crippen molar-refractivity contribution in [3.05, 3.63) is 33.8 Å². The van der Waals surface area contributed by atoms with Crippen LogP contribution in [0.3, 0.4) is 0 Å². The minimum atomic E-state index is -0.508. The van der Waals surface area contributed by atoms with E-state index in [1.807, 2.05) is 47.6 Å². The van der Waals surface area contributed by atoms with Crippen LogP contribution in [0.5, 0.6) is 0 Å². The van der Waals surface area contributed by atoms with Crippen LogP contribution in [0.15, 0.2) is 18.2 Å². The number of carbonyl (C=O) groups excluding carboxylic acids is 1. The maximum atomic E-state index is 10.9. The van der Waals surface area contributed by atoms with Gasteiger partial charge in [-0.1, -0.05) is 76.9 Å². The molecule has 2 nitrogen and oxygen atoms in total. The lowest BCUT2D eigenvalue weighted by Gasteiger charge is -2.09. The SMILES string of the molecule is CC.CC.CC.CC(=O)C(N)Cc1cccc(Cl)c1Cl. The topological polar surface area (TPSA) is 43.1 Å². The van der Waals surface area contributed by atoms with Crippen molar-refractivity contribution in [2.24, 2.45) is 5.73 Å². The fourth-order valence-corrected chi connectivity index (χ4v) is 1.48. The number of carbonyl (C=O) groups is 1. The second-order valence-corrected chi connectivity index (χ2v) is 3.92. The number of halogens is 2. The van der Waals surface area contributed by atoms with Gasteiger partial charge in [-0.3, -0.25) is 4.79 Å². The Bertz CT molecular complexity index is 354. The van der Waals surface area contributed by atoms with Crippen LogP contribution in [0, 0.1) is 0 Å². The third-order valence-electron chi connectivity index (χ3n) is 1.99. The van der Waals surface area contributed by atoms with Gasteiger partial charge in [0.25, 0.3) is 0 Å². The zero-order valence-corrected chi connectivity index (χ0v) is 15.3. The van der Waals surface area contributed by atoms with Crippen molar-refractivity contribution in [1.29, 1.82) is 0 Å². The molecule has 118 valence electrons. The van der Waals surface area contributed by atoms with Crippen LogP contribution in [0.25, 0.3) is 0 Å². The average Bonchev–Trinajstić information content (AvgIpc) is 2.50. The smallest absolute Gasteiger partial charge is 0.146 e. The number of ketones is 1. The summed E-state index contributed by atoms with van der Waals surface area (Å²) in [6.07, 6.45) is 0.425. The number of nitrogens with two attached hydrogens (primary N) is 1. The van der Waals surface area contributed by atoms with E-state index >= 15 is 0 Å². The molecule has 0 saturated heterocycles. The van der Waals surface area contributed by atoms with E-state index in [2.05, 4.69) is 0 Å². The van der Waals surface area contributed by atoms with Crippen LogP contribution in [0.1, 0.15) is 54.0 Å². The molecular formula is C16H29Cl2NO. The molecule has 0 aliphatic carbocycles. The molecule has 0 amide bonds. The fourth-order valence-electron chi connectivity index (χ4n) is 1.09. The predicted molar refractivity (Wildman–Crippen MR) is 92.9 cm³/mol. The third-order valence-corrected chi connectivity index (χ3v) is 2.85. The molecule has 4 heteroatoms. The first-order valence-corrected chi connectivity index (χ1v) is 7.97. The molecule has 0 spiro atoms. The van der Waals surface area contributed by atoms with Crippen molar-refractivity contribution in [2.45, 2.75) is 60.9 Å². The van der Waals surface area contributed by atoms with Gasteiger partial charge in [-0.15, -0.1) is 0 Å². The summed E-state index contributed by atoms with van der Waals surface area (Å²) in [5.41, 5.74) is 6.42. The molecule has 0 aliphatic rings. The van der Waals surface area contributed by atoms with E-state index in [1.54, 1.807) is 12.1 Å². The zero-order valence-electron chi connectivity index (χ0n) is 13.8. The molecule has 0 saturated carbocycles. The molecule has 1 unspecified atom stereocenters. The van der Waals surface area contributed by atoms with E-state index < -0.39 is 6.04 Å². The molecule has 0 aliphatic heterocycles. The van der Waals surface area contributed by atoms with Crippen molar-refractivity contribution in [1.82, 2.24) is 0 Å². The van der Waals surface area contributed by atoms with Gasteiger partial charge in [-0.05, 0) is 25.0 Å². The molecule has 0 bridgehead atoms. The summed E-state index contributed by atoms with van der Waals surface area (Å²) in [6.45, 7) is 13.5. The Balaban J connectivity index is -0.000000425. The van der Waals surface area contributed by atoms with E-state index in [9.17, 15) is 4.79 Å². The summed E-state index contributed by atoms with van der Waals surface area (Å²) >= 11 is 11.8. The van der Waals surface area contributed by atoms with E-state index in [-0.39, 0.29) is 5.78 Å². The largest absolute Gasteiger partial charge is 0.321 e. The summed E-state index contributed by atoms with van der Waals surface area (Å²) in [5.74, 6) is -0.0546. The summed E-state index contributed by atoms with van der Waals surface area (Å²) in [5, 5.41) is 0.964. The molecule has 0 fully saturated rings. The van der Waals surface area contributed by atoms with Crippen LogP contribution in [-0.2, 0) is 11.2 Å². The van der Waals surface area contributed by atoms with Gasteiger partial charge in [-0.25, -0.2) is 0 Å². The van der Waals surface area contributed by atoms with E-state index in [1.165, 1.54) is 6.92 Å². The maximum Gasteiger partial charge on any atom is 0.146 e. The average molecular weight is 322 g/mol. The van der Waals surface area contributed by atoms with E-state index in [0.717, 1.165) is 5.56 Å². The van der Waals surface area contributed by atoms with Gasteiger partial charge in [0.15, 0.2) is 0 Å². The first kappa shape index (κ1) is 24.4. The van der Waals surface area contributed by atoms with Crippen LogP contribution in [-0.4, -0.2) is 11.8 Å². The van der Waals surface area contributed by atoms with Gasteiger partial charge in [0.1, 0.15) is 5.78 Å². The van der Waals surface area contributed by atoms with Crippen molar-refractivity contribution >= 4 is 29.0 Å². The number of rotatable bonds is 3. The number of hydrogen-bond acceptors (Lipinski definition) is 2. The van der Waals surface area contributed by atoms with Gasteiger partial charge >= 0.3 is 0 Å². The third kappa shape index (κ3) is 10.2. The summed E-state index contributed by atoms with van der Waals surface area (Å²) < 4.78 is 0. The number of Topliss-reactive ketones (excluding diaryl/α,β-unsaturated/α-hetero) is 1. The fraction of sp³-hybridized carbons (Fsp3) is 0.562. The van der Waals surface area contributed by atoms with Crippen molar-refractivity contribution in [3.8, 4) is 0 Å². The number of benzene rings is 1. The molecule has 0 heterocycles. The molecule has 0 radical (unpaired) electrons. The highest BCUT2D eigenvalue weighted by atomic mass is 35.5. The normalized spacial score (nSPS) is 9.70. The number of hydrogen-bond donors (Lipinski definition) is 1. The Morgan fingerprint density at radius 3 is 1.95 bits per heavy atom. The Morgan fingerprint density at radius 2 is 1.55 bits per heavy atom. The summed E-state index contributed by atoms with van der Waals surface area (Å²) in [7, 11) is 0. The van der Waals surface area contributed by atoms with Crippen molar-refractivity contribution in [2.75, 3.05) is 0 Å². The van der Waals surface area contributed by atoms with Crippen molar-refractivity contribution in [3.63, 3.8) is 0 Å². The Hall–Kier alpha value is -0.570. The van der Waals surface area contributed by atoms with Gasteiger partial charge in [-0.2, -0.15) is 0 Å². The Labute approximate surface area is 134 Å². The maximum absolute atomic E-state index is 10.9. The first-order valence-electron chi connectivity index (χ1n) is 7.21. The highest BCUT2D eigenvalue weighted by Crippen LogP contribution is 2.26. The lowest BCUT2D eigenvalue weighted by Crippen LogP contribution is -2.30. The highest BCUT2D eigenvalue weighted by Gasteiger charge is 2.12. The monoisotopic (exact) mass is 321 g/mol. The van der Waals surface area contributed by atoms with Crippen LogP contribution in [0.2, 0.25) is 10.0 Å². The second kappa shape index (κ2) is 16.5. The first-order chi connectivity index (χ1) is 9.52. The molecule has 1 atom stereocenters. The molecule has 1 aromatic carbocycles. The van der Waals surface area contributed by atoms with Gasteiger partial charge in [0.2, 0.25) is 0 Å². The minimum Gasteiger partial charge on any atom is -0.321 e. The second-order valence-electron chi connectivity index (χ2n) is 3.13. The Kier molecular flexibility index (Phi) is 20.2. The van der Waals surface area contributed by atoms with Crippen LogP contribution in [0.4, 0.5) is 0 Å². The quantitative estimate of drug-likeness (QED) is 0.795. The van der Waals surface area contributed by atoms with Gasteiger partial charge in [0, 0.05) is 0 Å². The minimum absolute atomic E-state index is 0.0546. The van der Waals surface area contributed by atoms with Crippen LogP contribution < -0.4 is 5.73 Å². The summed E-state index contributed by atoms with van der Waals surface area (Å²) in [4.78, 5) is 10.9. The predicted octanol–water partition coefficient (Wildman–Crippen LogP) is 5.53. The standard InChI is InChI=1S/C10H11Cl2NO.3C2H6/c1-6(14)9(13)5-7-3-2-4-8(11)10(7)12;3*1-2/h2-4,9H,5,13H2,1H3;3*1-2H3. The zero-order chi connectivity index (χ0) is 16.7. The Morgan fingerprint density at radius 1 is 1.10 bits per heavy atom. The molecule has 2 N–H and O–H groups in total. The molecule has 0 aromatic heterocycles. The van der Waals surface area contributed by atoms with E-state index in [4.69, 9.17) is 28.9 Å². The lowest BCUT2D eigenvalue weighted by molar-refractivity contribution is -0.118. The molecular weight excluding hydrogens is 293 g/mol. The summed E-state index contributed by atoms with van der Waals surface area (Å²) in [6, 6.07) is 4.80. The lowest BCUT2D eigenvalue weighted by atomic mass is 10.0.